The zero-order valence-electron chi connectivity index (χ0n) is 15.8. The summed E-state index contributed by atoms with van der Waals surface area (Å²) in [4.78, 5) is 18.8. The number of nitrogens with zero attached hydrogens (tertiary/aromatic N) is 1. The standard InChI is InChI=1S/C22H11F7N2O/c23-17-7-5-13(21(24,25)26)9-16(17)11-2-1-3-12(8-11)19-30-18-10-14(22(27,28)29)4-6-15(18)20(32)31-19/h1-10H,(H,30,31,32). The molecule has 0 aliphatic heterocycles. The smallest absolute Gasteiger partial charge is 0.306 e. The summed E-state index contributed by atoms with van der Waals surface area (Å²) in [5.41, 5.74) is -3.04. The van der Waals surface area contributed by atoms with Crippen LogP contribution in [0.3, 0.4) is 0 Å². The van der Waals surface area contributed by atoms with Gasteiger partial charge in [-0.2, -0.15) is 26.3 Å². The highest BCUT2D eigenvalue weighted by Crippen LogP contribution is 2.35. The Hall–Kier alpha value is -3.69. The summed E-state index contributed by atoms with van der Waals surface area (Å²) in [5.74, 6) is -1.01. The van der Waals surface area contributed by atoms with Gasteiger partial charge in [-0.25, -0.2) is 9.37 Å². The second-order valence-corrected chi connectivity index (χ2v) is 6.92. The highest BCUT2D eigenvalue weighted by molar-refractivity contribution is 5.81. The SMILES string of the molecule is O=c1[nH]c(-c2cccc(-c3cc(C(F)(F)F)ccc3F)c2)nc2cc(C(F)(F)F)ccc12. The summed E-state index contributed by atoms with van der Waals surface area (Å²) >= 11 is 0. The van der Waals surface area contributed by atoms with Crippen LogP contribution in [0.1, 0.15) is 11.1 Å². The third kappa shape index (κ3) is 4.08. The van der Waals surface area contributed by atoms with Crippen molar-refractivity contribution in [2.24, 2.45) is 0 Å². The fourth-order valence-electron chi connectivity index (χ4n) is 3.21. The summed E-state index contributed by atoms with van der Waals surface area (Å²) in [7, 11) is 0. The fourth-order valence-corrected chi connectivity index (χ4v) is 3.21. The molecule has 32 heavy (non-hydrogen) atoms. The Morgan fingerprint density at radius 3 is 2.06 bits per heavy atom. The molecule has 0 fully saturated rings. The van der Waals surface area contributed by atoms with E-state index in [0.29, 0.717) is 18.2 Å². The Bertz CT molecular complexity index is 1390. The maximum atomic E-state index is 14.3. The van der Waals surface area contributed by atoms with E-state index < -0.39 is 34.9 Å². The van der Waals surface area contributed by atoms with Gasteiger partial charge in [0.2, 0.25) is 0 Å². The van der Waals surface area contributed by atoms with Crippen LogP contribution in [0.4, 0.5) is 30.7 Å². The normalized spacial score (nSPS) is 12.3. The summed E-state index contributed by atoms with van der Waals surface area (Å²) in [6, 6.07) is 9.94. The van der Waals surface area contributed by atoms with Crippen LogP contribution in [0.15, 0.2) is 65.5 Å². The Balaban J connectivity index is 1.85. The molecular formula is C22H11F7N2O. The molecule has 0 amide bonds. The second-order valence-electron chi connectivity index (χ2n) is 6.92. The van der Waals surface area contributed by atoms with E-state index in [1.807, 2.05) is 0 Å². The average Bonchev–Trinajstić information content (AvgIpc) is 2.72. The van der Waals surface area contributed by atoms with Crippen LogP contribution < -0.4 is 5.56 Å². The van der Waals surface area contributed by atoms with Crippen molar-refractivity contribution in [1.82, 2.24) is 9.97 Å². The molecule has 10 heteroatoms. The Morgan fingerprint density at radius 1 is 0.750 bits per heavy atom. The van der Waals surface area contributed by atoms with Crippen LogP contribution >= 0.6 is 0 Å². The van der Waals surface area contributed by atoms with E-state index >= 15 is 0 Å². The first-order valence-corrected chi connectivity index (χ1v) is 9.02. The van der Waals surface area contributed by atoms with Gasteiger partial charge in [-0.1, -0.05) is 18.2 Å². The second kappa shape index (κ2) is 7.47. The van der Waals surface area contributed by atoms with Gasteiger partial charge in [0, 0.05) is 11.1 Å². The minimum absolute atomic E-state index is 0.0675. The van der Waals surface area contributed by atoms with Crippen molar-refractivity contribution in [2.75, 3.05) is 0 Å². The minimum atomic E-state index is -4.68. The van der Waals surface area contributed by atoms with Gasteiger partial charge in [-0.15, -0.1) is 0 Å². The van der Waals surface area contributed by atoms with Gasteiger partial charge in [0.05, 0.1) is 22.0 Å². The molecule has 0 spiro atoms. The number of benzene rings is 3. The van der Waals surface area contributed by atoms with E-state index in [1.54, 1.807) is 0 Å². The maximum Gasteiger partial charge on any atom is 0.416 e. The van der Waals surface area contributed by atoms with E-state index in [9.17, 15) is 35.5 Å². The molecule has 0 atom stereocenters. The lowest BCUT2D eigenvalue weighted by Gasteiger charge is -2.11. The number of aromatic nitrogens is 2. The number of alkyl halides is 6. The first-order valence-electron chi connectivity index (χ1n) is 9.02. The van der Waals surface area contributed by atoms with Gasteiger partial charge in [-0.05, 0) is 48.0 Å². The molecule has 1 heterocycles. The number of hydrogen-bond donors (Lipinski definition) is 1. The largest absolute Gasteiger partial charge is 0.416 e. The molecule has 1 N–H and O–H groups in total. The van der Waals surface area contributed by atoms with E-state index in [1.165, 1.54) is 24.3 Å². The summed E-state index contributed by atoms with van der Waals surface area (Å²) in [6.45, 7) is 0. The number of fused-ring (bicyclic) bond motifs is 1. The molecule has 4 aromatic rings. The molecule has 0 radical (unpaired) electrons. The van der Waals surface area contributed by atoms with Crippen molar-refractivity contribution < 1.29 is 30.7 Å². The van der Waals surface area contributed by atoms with Crippen LogP contribution in [-0.2, 0) is 12.4 Å². The quantitative estimate of drug-likeness (QED) is 0.356. The summed E-state index contributed by atoms with van der Waals surface area (Å²) < 4.78 is 92.3. The molecule has 0 aliphatic carbocycles. The third-order valence-corrected chi connectivity index (χ3v) is 4.77. The van der Waals surface area contributed by atoms with Gasteiger partial charge in [0.25, 0.3) is 5.56 Å². The molecule has 0 saturated carbocycles. The summed E-state index contributed by atoms with van der Waals surface area (Å²) in [6.07, 6.45) is -9.32. The predicted octanol–water partition coefficient (Wildman–Crippen LogP) is 6.43. The van der Waals surface area contributed by atoms with Crippen molar-refractivity contribution in [2.45, 2.75) is 12.4 Å². The molecule has 0 saturated heterocycles. The maximum absolute atomic E-state index is 14.3. The number of H-pyrrole nitrogens is 1. The lowest BCUT2D eigenvalue weighted by atomic mass is 10.00. The Labute approximate surface area is 175 Å². The van der Waals surface area contributed by atoms with Crippen LogP contribution in [0, 0.1) is 5.82 Å². The van der Waals surface area contributed by atoms with Crippen LogP contribution in [0.5, 0.6) is 0 Å². The molecule has 1 aromatic heterocycles. The molecule has 0 bridgehead atoms. The van der Waals surface area contributed by atoms with Gasteiger partial charge < -0.3 is 4.98 Å². The molecule has 3 aromatic carbocycles. The van der Waals surface area contributed by atoms with Crippen molar-refractivity contribution >= 4 is 10.9 Å². The zero-order chi connectivity index (χ0) is 23.3. The number of aromatic amines is 1. The first kappa shape index (κ1) is 21.5. The Morgan fingerprint density at radius 2 is 1.38 bits per heavy atom. The van der Waals surface area contributed by atoms with Crippen LogP contribution in [0.2, 0.25) is 0 Å². The first-order chi connectivity index (χ1) is 14.9. The average molecular weight is 452 g/mol. The number of hydrogen-bond acceptors (Lipinski definition) is 2. The third-order valence-electron chi connectivity index (χ3n) is 4.77. The lowest BCUT2D eigenvalue weighted by molar-refractivity contribution is -0.138. The van der Waals surface area contributed by atoms with Gasteiger partial charge in [-0.3, -0.25) is 4.79 Å². The van der Waals surface area contributed by atoms with E-state index in [2.05, 4.69) is 9.97 Å². The van der Waals surface area contributed by atoms with Gasteiger partial charge >= 0.3 is 12.4 Å². The van der Waals surface area contributed by atoms with Gasteiger partial charge in [0.1, 0.15) is 11.6 Å². The number of rotatable bonds is 2. The molecule has 0 unspecified atom stereocenters. The fraction of sp³-hybridized carbons (Fsp3) is 0.0909. The molecule has 3 nitrogen and oxygen atoms in total. The van der Waals surface area contributed by atoms with Crippen LogP contribution in [0.25, 0.3) is 33.4 Å². The van der Waals surface area contributed by atoms with Gasteiger partial charge in [0.15, 0.2) is 0 Å². The highest BCUT2D eigenvalue weighted by atomic mass is 19.4. The monoisotopic (exact) mass is 452 g/mol. The van der Waals surface area contributed by atoms with Crippen molar-refractivity contribution in [3.8, 4) is 22.5 Å². The molecule has 164 valence electrons. The van der Waals surface area contributed by atoms with Crippen molar-refractivity contribution in [3.63, 3.8) is 0 Å². The van der Waals surface area contributed by atoms with Crippen LogP contribution in [-0.4, -0.2) is 9.97 Å². The predicted molar refractivity (Wildman–Crippen MR) is 103 cm³/mol. The highest BCUT2D eigenvalue weighted by Gasteiger charge is 2.32. The minimum Gasteiger partial charge on any atom is -0.306 e. The molecular weight excluding hydrogens is 441 g/mol. The zero-order valence-corrected chi connectivity index (χ0v) is 15.8. The Kier molecular flexibility index (Phi) is 5.03. The topological polar surface area (TPSA) is 45.8 Å². The van der Waals surface area contributed by atoms with Crippen molar-refractivity contribution in [1.29, 1.82) is 0 Å². The summed E-state index contributed by atoms with van der Waals surface area (Å²) in [5, 5.41) is -0.0678. The molecule has 4 rings (SSSR count). The van der Waals surface area contributed by atoms with E-state index in [0.717, 1.165) is 18.2 Å². The number of nitrogens with one attached hydrogen (secondary N) is 1. The van der Waals surface area contributed by atoms with Crippen molar-refractivity contribution in [3.05, 3.63) is 88.0 Å². The van der Waals surface area contributed by atoms with E-state index in [4.69, 9.17) is 0 Å². The molecule has 0 aliphatic rings. The lowest BCUT2D eigenvalue weighted by Crippen LogP contribution is -2.11. The van der Waals surface area contributed by atoms with E-state index in [-0.39, 0.29) is 33.4 Å². The number of halogens is 7.